The summed E-state index contributed by atoms with van der Waals surface area (Å²) in [4.78, 5) is 0. The molecule has 1 heterocycles. The summed E-state index contributed by atoms with van der Waals surface area (Å²) in [6, 6.07) is 6.55. The molecule has 0 saturated heterocycles. The van der Waals surface area contributed by atoms with Gasteiger partial charge in [0.2, 0.25) is 0 Å². The van der Waals surface area contributed by atoms with Crippen molar-refractivity contribution in [1.82, 2.24) is 0 Å². The Morgan fingerprint density at radius 3 is 3.00 bits per heavy atom. The molecule has 2 N–H and O–H groups in total. The maximum atomic E-state index is 6.22. The summed E-state index contributed by atoms with van der Waals surface area (Å²) in [7, 11) is 0. The molecule has 86 valence electrons. The molecule has 1 fully saturated rings. The van der Waals surface area contributed by atoms with Crippen LogP contribution >= 0.6 is 0 Å². The summed E-state index contributed by atoms with van der Waals surface area (Å²) < 4.78 is 5.73. The largest absolute Gasteiger partial charge is 0.493 e. The van der Waals surface area contributed by atoms with Crippen LogP contribution in [0.2, 0.25) is 0 Å². The molecule has 0 spiro atoms. The van der Waals surface area contributed by atoms with Crippen LogP contribution in [0.25, 0.3) is 0 Å². The Balaban J connectivity index is 1.87. The molecular weight excluding hydrogens is 198 g/mol. The summed E-state index contributed by atoms with van der Waals surface area (Å²) in [5.41, 5.74) is 9.01. The lowest BCUT2D eigenvalue weighted by molar-refractivity contribution is 0.257. The van der Waals surface area contributed by atoms with Crippen LogP contribution in [0.3, 0.4) is 0 Å². The maximum absolute atomic E-state index is 6.22. The zero-order valence-electron chi connectivity index (χ0n) is 9.83. The van der Waals surface area contributed by atoms with Crippen molar-refractivity contribution >= 4 is 0 Å². The summed E-state index contributed by atoms with van der Waals surface area (Å²) >= 11 is 0. The van der Waals surface area contributed by atoms with Gasteiger partial charge in [0.25, 0.3) is 0 Å². The molecule has 0 bridgehead atoms. The van der Waals surface area contributed by atoms with Gasteiger partial charge in [0.1, 0.15) is 5.75 Å². The van der Waals surface area contributed by atoms with Gasteiger partial charge in [0.05, 0.1) is 6.61 Å². The molecule has 1 atom stereocenters. The minimum Gasteiger partial charge on any atom is -0.493 e. The first-order chi connectivity index (χ1) is 7.66. The zero-order chi connectivity index (χ0) is 11.2. The molecule has 1 unspecified atom stereocenters. The molecule has 0 aromatic heterocycles. The first kappa shape index (κ1) is 10.2. The number of hydrogen-bond donors (Lipinski definition) is 1. The fraction of sp³-hybridized carbons (Fsp3) is 0.571. The normalized spacial score (nSPS) is 25.8. The third-order valence-electron chi connectivity index (χ3n) is 3.88. The van der Waals surface area contributed by atoms with E-state index in [1.54, 1.807) is 0 Å². The van der Waals surface area contributed by atoms with Gasteiger partial charge in [0, 0.05) is 5.54 Å². The third-order valence-corrected chi connectivity index (χ3v) is 3.88. The highest BCUT2D eigenvalue weighted by Crippen LogP contribution is 2.45. The van der Waals surface area contributed by atoms with Crippen molar-refractivity contribution in [2.24, 2.45) is 5.73 Å². The van der Waals surface area contributed by atoms with Crippen molar-refractivity contribution in [3.63, 3.8) is 0 Å². The Morgan fingerprint density at radius 1 is 1.44 bits per heavy atom. The number of hydrogen-bond acceptors (Lipinski definition) is 2. The fourth-order valence-corrected chi connectivity index (χ4v) is 2.64. The van der Waals surface area contributed by atoms with Crippen LogP contribution in [-0.4, -0.2) is 12.1 Å². The van der Waals surface area contributed by atoms with Gasteiger partial charge in [-0.3, -0.25) is 0 Å². The average Bonchev–Trinajstić information content (AvgIpc) is 2.96. The molecule has 1 aromatic carbocycles. The van der Waals surface area contributed by atoms with Gasteiger partial charge < -0.3 is 10.5 Å². The van der Waals surface area contributed by atoms with Gasteiger partial charge in [-0.25, -0.2) is 0 Å². The minimum atomic E-state index is 0.143. The lowest BCUT2D eigenvalue weighted by atomic mass is 9.86. The van der Waals surface area contributed by atoms with Crippen LogP contribution in [0.15, 0.2) is 18.2 Å². The number of benzene rings is 1. The number of nitrogens with two attached hydrogens (primary N) is 1. The van der Waals surface area contributed by atoms with Crippen molar-refractivity contribution < 1.29 is 4.74 Å². The molecule has 1 saturated carbocycles. The zero-order valence-corrected chi connectivity index (χ0v) is 9.83. The summed E-state index contributed by atoms with van der Waals surface area (Å²) in [6.07, 6.45) is 4.65. The maximum Gasteiger partial charge on any atom is 0.123 e. The SMILES string of the molecule is Cc1ccc2c(c1)OCCC2CC1(N)CC1. The van der Waals surface area contributed by atoms with Crippen LogP contribution in [-0.2, 0) is 0 Å². The van der Waals surface area contributed by atoms with Crippen molar-refractivity contribution in [2.75, 3.05) is 6.61 Å². The first-order valence-corrected chi connectivity index (χ1v) is 6.19. The second-order valence-electron chi connectivity index (χ2n) is 5.44. The summed E-state index contributed by atoms with van der Waals surface area (Å²) in [5, 5.41) is 0. The number of ether oxygens (including phenoxy) is 1. The van der Waals surface area contributed by atoms with E-state index in [4.69, 9.17) is 10.5 Å². The van der Waals surface area contributed by atoms with Crippen molar-refractivity contribution in [1.29, 1.82) is 0 Å². The second-order valence-corrected chi connectivity index (χ2v) is 5.44. The molecular formula is C14H19NO. The Labute approximate surface area is 96.8 Å². The van der Waals surface area contributed by atoms with Gasteiger partial charge >= 0.3 is 0 Å². The summed E-state index contributed by atoms with van der Waals surface area (Å²) in [5.74, 6) is 1.69. The van der Waals surface area contributed by atoms with Gasteiger partial charge in [-0.2, -0.15) is 0 Å². The molecule has 1 aliphatic heterocycles. The molecule has 3 rings (SSSR count). The molecule has 2 nitrogen and oxygen atoms in total. The van der Waals surface area contributed by atoms with Crippen LogP contribution in [0.4, 0.5) is 0 Å². The minimum absolute atomic E-state index is 0.143. The molecule has 2 heteroatoms. The highest BCUT2D eigenvalue weighted by molar-refractivity contribution is 5.41. The number of fused-ring (bicyclic) bond motifs is 1. The van der Waals surface area contributed by atoms with Crippen LogP contribution in [0, 0.1) is 6.92 Å². The average molecular weight is 217 g/mol. The fourth-order valence-electron chi connectivity index (χ4n) is 2.64. The first-order valence-electron chi connectivity index (χ1n) is 6.19. The van der Waals surface area contributed by atoms with E-state index in [0.717, 1.165) is 25.2 Å². The molecule has 0 amide bonds. The lowest BCUT2D eigenvalue weighted by Gasteiger charge is -2.28. The van der Waals surface area contributed by atoms with E-state index >= 15 is 0 Å². The van der Waals surface area contributed by atoms with E-state index < -0.39 is 0 Å². The molecule has 16 heavy (non-hydrogen) atoms. The topological polar surface area (TPSA) is 35.2 Å². The monoisotopic (exact) mass is 217 g/mol. The van der Waals surface area contributed by atoms with Crippen LogP contribution < -0.4 is 10.5 Å². The molecule has 2 aliphatic rings. The predicted molar refractivity (Wildman–Crippen MR) is 64.8 cm³/mol. The van der Waals surface area contributed by atoms with E-state index in [1.807, 2.05) is 0 Å². The van der Waals surface area contributed by atoms with Gasteiger partial charge in [-0.15, -0.1) is 0 Å². The molecule has 0 radical (unpaired) electrons. The Morgan fingerprint density at radius 2 is 2.25 bits per heavy atom. The van der Waals surface area contributed by atoms with E-state index in [-0.39, 0.29) is 5.54 Å². The second kappa shape index (κ2) is 3.49. The van der Waals surface area contributed by atoms with Gasteiger partial charge in [-0.1, -0.05) is 12.1 Å². The Hall–Kier alpha value is -1.02. The Kier molecular flexibility index (Phi) is 2.21. The number of aryl methyl sites for hydroxylation is 1. The van der Waals surface area contributed by atoms with E-state index in [2.05, 4.69) is 25.1 Å². The summed E-state index contributed by atoms with van der Waals surface area (Å²) in [6.45, 7) is 2.95. The number of rotatable bonds is 2. The van der Waals surface area contributed by atoms with Crippen molar-refractivity contribution in [2.45, 2.75) is 44.1 Å². The van der Waals surface area contributed by atoms with E-state index in [1.165, 1.54) is 24.0 Å². The van der Waals surface area contributed by atoms with Gasteiger partial charge in [0.15, 0.2) is 0 Å². The predicted octanol–water partition coefficient (Wildman–Crippen LogP) is 2.74. The molecule has 1 aromatic rings. The van der Waals surface area contributed by atoms with Crippen molar-refractivity contribution in [3.8, 4) is 5.75 Å². The third kappa shape index (κ3) is 1.82. The van der Waals surface area contributed by atoms with Crippen LogP contribution in [0.1, 0.15) is 42.7 Å². The quantitative estimate of drug-likeness (QED) is 0.826. The van der Waals surface area contributed by atoms with Crippen LogP contribution in [0.5, 0.6) is 5.75 Å². The smallest absolute Gasteiger partial charge is 0.123 e. The lowest BCUT2D eigenvalue weighted by Crippen LogP contribution is -2.27. The van der Waals surface area contributed by atoms with Gasteiger partial charge in [-0.05, 0) is 55.7 Å². The standard InChI is InChI=1S/C14H19NO/c1-10-2-3-12-11(9-14(15)5-6-14)4-7-16-13(12)8-10/h2-3,8,11H,4-7,9,15H2,1H3. The van der Waals surface area contributed by atoms with E-state index in [0.29, 0.717) is 5.92 Å². The highest BCUT2D eigenvalue weighted by Gasteiger charge is 2.41. The van der Waals surface area contributed by atoms with E-state index in [9.17, 15) is 0 Å². The Bertz CT molecular complexity index is 409. The molecule has 1 aliphatic carbocycles. The highest BCUT2D eigenvalue weighted by atomic mass is 16.5. The van der Waals surface area contributed by atoms with Crippen molar-refractivity contribution in [3.05, 3.63) is 29.3 Å².